The molecule has 5 nitrogen and oxygen atoms in total. The number of benzene rings is 2. The van der Waals surface area contributed by atoms with Crippen molar-refractivity contribution in [2.24, 2.45) is 0 Å². The molecule has 0 spiro atoms. The summed E-state index contributed by atoms with van der Waals surface area (Å²) < 4.78 is 8.39. The molecule has 3 rings (SSSR count). The van der Waals surface area contributed by atoms with Crippen LogP contribution in [0.15, 0.2) is 65.5 Å². The number of imidazole rings is 1. The zero-order valence-electron chi connectivity index (χ0n) is 17.3. The standard InChI is InChI=1S/C24H28N2O3S/c1-29-15-9-8-14-22(27)23-21(18-30)25(16-19-10-4-2-5-11-19)24(28)26(23)17-20-12-6-3-7-13-20/h2-7,10-13,30H,8-9,14-18H2,1H3. The van der Waals surface area contributed by atoms with Gasteiger partial charge in [0.2, 0.25) is 0 Å². The van der Waals surface area contributed by atoms with Crippen LogP contribution in [0, 0.1) is 0 Å². The molecule has 0 aliphatic rings. The van der Waals surface area contributed by atoms with Crippen molar-refractivity contribution in [2.75, 3.05) is 13.7 Å². The monoisotopic (exact) mass is 424 g/mol. The fourth-order valence-corrected chi connectivity index (χ4v) is 3.92. The molecule has 158 valence electrons. The quantitative estimate of drug-likeness (QED) is 0.285. The van der Waals surface area contributed by atoms with Gasteiger partial charge in [0.05, 0.1) is 18.8 Å². The Morgan fingerprint density at radius 1 is 0.900 bits per heavy atom. The third-order valence-electron chi connectivity index (χ3n) is 5.11. The molecule has 1 aromatic heterocycles. The third kappa shape index (κ3) is 5.32. The van der Waals surface area contributed by atoms with Gasteiger partial charge in [-0.1, -0.05) is 60.7 Å². The number of ketones is 1. The number of ether oxygens (including phenoxy) is 1. The highest BCUT2D eigenvalue weighted by molar-refractivity contribution is 7.79. The Kier molecular flexibility index (Phi) is 8.11. The zero-order valence-corrected chi connectivity index (χ0v) is 18.2. The number of rotatable bonds is 11. The Morgan fingerprint density at radius 2 is 1.47 bits per heavy atom. The number of unbranched alkanes of at least 4 members (excludes halogenated alkanes) is 1. The summed E-state index contributed by atoms with van der Waals surface area (Å²) >= 11 is 4.48. The first-order chi connectivity index (χ1) is 14.7. The fourth-order valence-electron chi connectivity index (χ4n) is 3.60. The third-order valence-corrected chi connectivity index (χ3v) is 5.41. The molecule has 0 amide bonds. The van der Waals surface area contributed by atoms with Crippen LogP contribution in [-0.2, 0) is 23.6 Å². The van der Waals surface area contributed by atoms with Crippen molar-refractivity contribution in [3.63, 3.8) is 0 Å². The first-order valence-corrected chi connectivity index (χ1v) is 10.8. The molecule has 2 aromatic carbocycles. The van der Waals surface area contributed by atoms with E-state index in [-0.39, 0.29) is 11.5 Å². The SMILES string of the molecule is COCCCCC(=O)c1c(CS)n(Cc2ccccc2)c(=O)n1Cc1ccccc1. The van der Waals surface area contributed by atoms with E-state index in [2.05, 4.69) is 12.6 Å². The maximum absolute atomic E-state index is 13.4. The number of carbonyl (C=O) groups excluding carboxylic acids is 1. The molecule has 0 bridgehead atoms. The molecule has 30 heavy (non-hydrogen) atoms. The molecule has 0 N–H and O–H groups in total. The molecule has 0 fully saturated rings. The average Bonchev–Trinajstić information content (AvgIpc) is 3.03. The van der Waals surface area contributed by atoms with Crippen LogP contribution in [0.1, 0.15) is 46.6 Å². The molecule has 0 aliphatic heterocycles. The second-order valence-electron chi connectivity index (χ2n) is 7.25. The summed E-state index contributed by atoms with van der Waals surface area (Å²) in [5.74, 6) is 0.304. The zero-order chi connectivity index (χ0) is 21.3. The van der Waals surface area contributed by atoms with Crippen molar-refractivity contribution in [3.05, 3.63) is 93.7 Å². The summed E-state index contributed by atoms with van der Waals surface area (Å²) in [6.07, 6.45) is 1.92. The molecule has 0 atom stereocenters. The number of aromatic nitrogens is 2. The van der Waals surface area contributed by atoms with Gasteiger partial charge in [0.25, 0.3) is 0 Å². The van der Waals surface area contributed by atoms with Crippen LogP contribution in [0.4, 0.5) is 0 Å². The van der Waals surface area contributed by atoms with Crippen LogP contribution in [0.2, 0.25) is 0 Å². The van der Waals surface area contributed by atoms with Gasteiger partial charge in [-0.15, -0.1) is 0 Å². The Bertz CT molecular complexity index is 1010. The highest BCUT2D eigenvalue weighted by atomic mass is 32.1. The van der Waals surface area contributed by atoms with Crippen LogP contribution < -0.4 is 5.69 Å². The van der Waals surface area contributed by atoms with Gasteiger partial charge >= 0.3 is 5.69 Å². The Labute approximate surface area is 182 Å². The predicted molar refractivity (Wildman–Crippen MR) is 123 cm³/mol. The smallest absolute Gasteiger partial charge is 0.329 e. The maximum Gasteiger partial charge on any atom is 0.329 e. The molecular weight excluding hydrogens is 396 g/mol. The van der Waals surface area contributed by atoms with E-state index in [1.54, 1.807) is 16.2 Å². The largest absolute Gasteiger partial charge is 0.385 e. The summed E-state index contributed by atoms with van der Waals surface area (Å²) in [7, 11) is 1.65. The van der Waals surface area contributed by atoms with Gasteiger partial charge in [0.15, 0.2) is 5.78 Å². The van der Waals surface area contributed by atoms with E-state index in [9.17, 15) is 9.59 Å². The fraction of sp³-hybridized carbons (Fsp3) is 0.333. The van der Waals surface area contributed by atoms with Gasteiger partial charge in [-0.2, -0.15) is 12.6 Å². The van der Waals surface area contributed by atoms with Crippen LogP contribution in [0.25, 0.3) is 0 Å². The van der Waals surface area contributed by atoms with Crippen LogP contribution >= 0.6 is 12.6 Å². The maximum atomic E-state index is 13.4. The molecule has 6 heteroatoms. The number of methoxy groups -OCH3 is 1. The van der Waals surface area contributed by atoms with Gasteiger partial charge in [-0.05, 0) is 24.0 Å². The Morgan fingerprint density at radius 3 is 2.00 bits per heavy atom. The molecule has 0 saturated heterocycles. The summed E-state index contributed by atoms with van der Waals surface area (Å²) in [6.45, 7) is 1.40. The van der Waals surface area contributed by atoms with Crippen LogP contribution in [0.5, 0.6) is 0 Å². The van der Waals surface area contributed by atoms with Crippen molar-refractivity contribution in [1.82, 2.24) is 9.13 Å². The minimum Gasteiger partial charge on any atom is -0.385 e. The van der Waals surface area contributed by atoms with Crippen molar-refractivity contribution in [1.29, 1.82) is 0 Å². The number of Topliss-reactive ketones (excluding diaryl/α,β-unsaturated/α-hetero) is 1. The van der Waals surface area contributed by atoms with E-state index in [1.807, 2.05) is 60.7 Å². The van der Waals surface area contributed by atoms with Gasteiger partial charge in [-0.25, -0.2) is 4.79 Å². The van der Waals surface area contributed by atoms with Crippen molar-refractivity contribution >= 4 is 18.4 Å². The summed E-state index contributed by atoms with van der Waals surface area (Å²) in [5.41, 5.74) is 2.98. The summed E-state index contributed by atoms with van der Waals surface area (Å²) in [4.78, 5) is 26.5. The minimum atomic E-state index is -0.174. The number of hydrogen-bond acceptors (Lipinski definition) is 4. The molecule has 1 heterocycles. The van der Waals surface area contributed by atoms with E-state index in [4.69, 9.17) is 4.74 Å². The number of carbonyl (C=O) groups is 1. The average molecular weight is 425 g/mol. The summed E-state index contributed by atoms with van der Waals surface area (Å²) in [6, 6.07) is 19.6. The highest BCUT2D eigenvalue weighted by Crippen LogP contribution is 2.18. The summed E-state index contributed by atoms with van der Waals surface area (Å²) in [5, 5.41) is 0. The molecule has 3 aromatic rings. The van der Waals surface area contributed by atoms with Gasteiger partial charge in [0.1, 0.15) is 5.69 Å². The van der Waals surface area contributed by atoms with Crippen LogP contribution in [-0.4, -0.2) is 28.6 Å². The number of nitrogens with zero attached hydrogens (tertiary/aromatic N) is 2. The van der Waals surface area contributed by atoms with E-state index in [1.165, 1.54) is 0 Å². The number of thiol groups is 1. The molecule has 0 unspecified atom stereocenters. The second kappa shape index (κ2) is 11.0. The molecular formula is C24H28N2O3S. The first-order valence-electron chi connectivity index (χ1n) is 10.2. The highest BCUT2D eigenvalue weighted by Gasteiger charge is 2.24. The second-order valence-corrected chi connectivity index (χ2v) is 7.57. The van der Waals surface area contributed by atoms with Gasteiger partial charge in [-0.3, -0.25) is 13.9 Å². The van der Waals surface area contributed by atoms with E-state index in [0.29, 0.717) is 43.3 Å². The van der Waals surface area contributed by atoms with Crippen molar-refractivity contribution < 1.29 is 9.53 Å². The number of hydrogen-bond donors (Lipinski definition) is 1. The van der Waals surface area contributed by atoms with Crippen LogP contribution in [0.3, 0.4) is 0 Å². The lowest BCUT2D eigenvalue weighted by Crippen LogP contribution is -2.27. The molecule has 0 saturated carbocycles. The lowest BCUT2D eigenvalue weighted by molar-refractivity contribution is 0.0965. The topological polar surface area (TPSA) is 53.2 Å². The van der Waals surface area contributed by atoms with E-state index < -0.39 is 0 Å². The molecule has 0 radical (unpaired) electrons. The minimum absolute atomic E-state index is 0.0185. The van der Waals surface area contributed by atoms with Crippen molar-refractivity contribution in [2.45, 2.75) is 38.1 Å². The normalized spacial score (nSPS) is 11.0. The molecule has 0 aliphatic carbocycles. The Hall–Kier alpha value is -2.57. The van der Waals surface area contributed by atoms with E-state index in [0.717, 1.165) is 24.0 Å². The van der Waals surface area contributed by atoms with E-state index >= 15 is 0 Å². The first kappa shape index (κ1) is 22.1. The Balaban J connectivity index is 2.01. The predicted octanol–water partition coefficient (Wildman–Crippen LogP) is 4.18. The lowest BCUT2D eigenvalue weighted by atomic mass is 10.1. The van der Waals surface area contributed by atoms with Gasteiger partial charge in [0, 0.05) is 25.9 Å². The lowest BCUT2D eigenvalue weighted by Gasteiger charge is -2.09. The van der Waals surface area contributed by atoms with Crippen molar-refractivity contribution in [3.8, 4) is 0 Å². The van der Waals surface area contributed by atoms with Gasteiger partial charge < -0.3 is 4.74 Å².